The number of carbonyl (C=O) groups excluding carboxylic acids is 2. The van der Waals surface area contributed by atoms with E-state index >= 15 is 0 Å². The van der Waals surface area contributed by atoms with Crippen LogP contribution in [0.3, 0.4) is 0 Å². The monoisotopic (exact) mass is 268 g/mol. The fourth-order valence-electron chi connectivity index (χ4n) is 2.85. The molecule has 0 aromatic rings. The number of piperazine rings is 1. The van der Waals surface area contributed by atoms with Gasteiger partial charge in [-0.25, -0.2) is 0 Å². The molecule has 0 saturated carbocycles. The summed E-state index contributed by atoms with van der Waals surface area (Å²) in [7, 11) is 0. The van der Waals surface area contributed by atoms with Gasteiger partial charge in [0.1, 0.15) is 12.1 Å². The van der Waals surface area contributed by atoms with Crippen molar-refractivity contribution in [3.8, 4) is 0 Å². The van der Waals surface area contributed by atoms with Crippen LogP contribution in [0.1, 0.15) is 39.5 Å². The molecule has 0 bridgehead atoms. The predicted molar refractivity (Wildman–Crippen MR) is 71.6 cm³/mol. The van der Waals surface area contributed by atoms with Crippen molar-refractivity contribution in [1.29, 1.82) is 0 Å². The number of hydrogen-bond donors (Lipinski definition) is 1. The van der Waals surface area contributed by atoms with Gasteiger partial charge in [-0.3, -0.25) is 9.59 Å². The largest absolute Gasteiger partial charge is 0.381 e. The summed E-state index contributed by atoms with van der Waals surface area (Å²) in [5.74, 6) is 0.405. The van der Waals surface area contributed by atoms with E-state index in [0.29, 0.717) is 19.1 Å². The van der Waals surface area contributed by atoms with Gasteiger partial charge in [0.15, 0.2) is 0 Å². The Morgan fingerprint density at radius 2 is 2.21 bits per heavy atom. The molecule has 0 aliphatic carbocycles. The Labute approximate surface area is 114 Å². The second-order valence-electron chi connectivity index (χ2n) is 5.60. The summed E-state index contributed by atoms with van der Waals surface area (Å²) >= 11 is 0. The molecule has 2 aliphatic rings. The summed E-state index contributed by atoms with van der Waals surface area (Å²) in [5.41, 5.74) is 0. The third-order valence-corrected chi connectivity index (χ3v) is 4.03. The van der Waals surface area contributed by atoms with E-state index in [9.17, 15) is 9.59 Å². The first-order valence-electron chi connectivity index (χ1n) is 7.32. The number of ether oxygens (including phenoxy) is 1. The van der Waals surface area contributed by atoms with Crippen molar-refractivity contribution in [2.45, 2.75) is 51.6 Å². The van der Waals surface area contributed by atoms with Gasteiger partial charge in [-0.15, -0.1) is 0 Å². The Bertz CT molecular complexity index is 340. The number of nitrogens with one attached hydrogen (secondary N) is 1. The molecule has 19 heavy (non-hydrogen) atoms. The van der Waals surface area contributed by atoms with E-state index in [-0.39, 0.29) is 23.9 Å². The molecule has 0 radical (unpaired) electrons. The normalized spacial score (nSPS) is 32.3. The third kappa shape index (κ3) is 3.26. The lowest BCUT2D eigenvalue weighted by Crippen LogP contribution is -2.63. The zero-order valence-electron chi connectivity index (χ0n) is 11.9. The van der Waals surface area contributed by atoms with E-state index in [1.165, 1.54) is 0 Å². The van der Waals surface area contributed by atoms with E-state index in [0.717, 1.165) is 32.3 Å². The van der Waals surface area contributed by atoms with E-state index in [1.807, 2.05) is 6.92 Å². The number of hydrogen-bond acceptors (Lipinski definition) is 3. The molecule has 2 saturated heterocycles. The zero-order valence-corrected chi connectivity index (χ0v) is 11.9. The third-order valence-electron chi connectivity index (χ3n) is 4.03. The number of carbonyl (C=O) groups is 2. The van der Waals surface area contributed by atoms with Crippen molar-refractivity contribution >= 4 is 11.8 Å². The first kappa shape index (κ1) is 14.3. The van der Waals surface area contributed by atoms with Crippen LogP contribution in [0.4, 0.5) is 0 Å². The second-order valence-corrected chi connectivity index (χ2v) is 5.60. The standard InChI is InChI=1S/C14H24N2O3/c1-3-5-12-14(18)16(10(2)13(17)15-12)8-11-6-4-7-19-9-11/h10-12H,3-9H2,1-2H3,(H,15,17). The van der Waals surface area contributed by atoms with Gasteiger partial charge < -0.3 is 15.0 Å². The summed E-state index contributed by atoms with van der Waals surface area (Å²) in [5, 5.41) is 2.82. The molecular formula is C14H24N2O3. The Balaban J connectivity index is 2.02. The fraction of sp³-hybridized carbons (Fsp3) is 0.857. The quantitative estimate of drug-likeness (QED) is 0.825. The lowest BCUT2D eigenvalue weighted by atomic mass is 9.98. The van der Waals surface area contributed by atoms with Gasteiger partial charge in [-0.1, -0.05) is 13.3 Å². The minimum atomic E-state index is -0.359. The highest BCUT2D eigenvalue weighted by Gasteiger charge is 2.38. The second kappa shape index (κ2) is 6.37. The molecule has 5 heteroatoms. The van der Waals surface area contributed by atoms with Gasteiger partial charge in [-0.05, 0) is 32.1 Å². The number of nitrogens with zero attached hydrogens (tertiary/aromatic N) is 1. The van der Waals surface area contributed by atoms with Crippen LogP contribution in [-0.2, 0) is 14.3 Å². The van der Waals surface area contributed by atoms with Crippen LogP contribution in [0.15, 0.2) is 0 Å². The average molecular weight is 268 g/mol. The highest BCUT2D eigenvalue weighted by atomic mass is 16.5. The van der Waals surface area contributed by atoms with Gasteiger partial charge in [0, 0.05) is 13.2 Å². The number of amides is 2. The average Bonchev–Trinajstić information content (AvgIpc) is 2.42. The van der Waals surface area contributed by atoms with Gasteiger partial charge >= 0.3 is 0 Å². The molecule has 5 nitrogen and oxygen atoms in total. The van der Waals surface area contributed by atoms with Gasteiger partial charge in [-0.2, -0.15) is 0 Å². The molecule has 3 unspecified atom stereocenters. The summed E-state index contributed by atoms with van der Waals surface area (Å²) in [6.45, 7) is 6.00. The molecule has 0 aromatic carbocycles. The maximum Gasteiger partial charge on any atom is 0.245 e. The van der Waals surface area contributed by atoms with Gasteiger partial charge in [0.2, 0.25) is 11.8 Å². The van der Waals surface area contributed by atoms with Gasteiger partial charge in [0.25, 0.3) is 0 Å². The molecule has 108 valence electrons. The van der Waals surface area contributed by atoms with E-state index in [4.69, 9.17) is 4.74 Å². The van der Waals surface area contributed by atoms with Crippen molar-refractivity contribution in [3.05, 3.63) is 0 Å². The van der Waals surface area contributed by atoms with Crippen molar-refractivity contribution in [1.82, 2.24) is 10.2 Å². The Kier molecular flexibility index (Phi) is 4.80. The number of rotatable bonds is 4. The van der Waals surface area contributed by atoms with Gasteiger partial charge in [0.05, 0.1) is 6.61 Å². The summed E-state index contributed by atoms with van der Waals surface area (Å²) in [6, 6.07) is -0.694. The van der Waals surface area contributed by atoms with E-state index < -0.39 is 0 Å². The first-order valence-corrected chi connectivity index (χ1v) is 7.32. The highest BCUT2D eigenvalue weighted by molar-refractivity contribution is 5.96. The summed E-state index contributed by atoms with van der Waals surface area (Å²) in [4.78, 5) is 26.1. The van der Waals surface area contributed by atoms with Crippen LogP contribution in [0.5, 0.6) is 0 Å². The van der Waals surface area contributed by atoms with Crippen LogP contribution in [0, 0.1) is 5.92 Å². The SMILES string of the molecule is CCCC1NC(=O)C(C)N(CC2CCCOC2)C1=O. The lowest BCUT2D eigenvalue weighted by molar-refractivity contribution is -0.150. The van der Waals surface area contributed by atoms with Crippen molar-refractivity contribution in [2.24, 2.45) is 5.92 Å². The fourth-order valence-corrected chi connectivity index (χ4v) is 2.85. The molecule has 2 fully saturated rings. The molecule has 2 aliphatic heterocycles. The minimum Gasteiger partial charge on any atom is -0.381 e. The summed E-state index contributed by atoms with van der Waals surface area (Å²) in [6.07, 6.45) is 3.74. The van der Waals surface area contributed by atoms with Crippen molar-refractivity contribution in [2.75, 3.05) is 19.8 Å². The van der Waals surface area contributed by atoms with E-state index in [1.54, 1.807) is 11.8 Å². The minimum absolute atomic E-state index is 0.0326. The topological polar surface area (TPSA) is 58.6 Å². The molecule has 1 N–H and O–H groups in total. The van der Waals surface area contributed by atoms with Crippen LogP contribution in [-0.4, -0.2) is 48.6 Å². The van der Waals surface area contributed by atoms with E-state index in [2.05, 4.69) is 5.32 Å². The predicted octanol–water partition coefficient (Wildman–Crippen LogP) is 0.929. The smallest absolute Gasteiger partial charge is 0.245 e. The highest BCUT2D eigenvalue weighted by Crippen LogP contribution is 2.20. The molecular weight excluding hydrogens is 244 g/mol. The maximum absolute atomic E-state index is 12.4. The van der Waals surface area contributed by atoms with Crippen molar-refractivity contribution in [3.63, 3.8) is 0 Å². The zero-order chi connectivity index (χ0) is 13.8. The Morgan fingerprint density at radius 3 is 2.84 bits per heavy atom. The molecule has 2 rings (SSSR count). The summed E-state index contributed by atoms with van der Waals surface area (Å²) < 4.78 is 5.46. The van der Waals surface area contributed by atoms with Crippen LogP contribution in [0.2, 0.25) is 0 Å². The van der Waals surface area contributed by atoms with Crippen LogP contribution < -0.4 is 5.32 Å². The van der Waals surface area contributed by atoms with Crippen molar-refractivity contribution < 1.29 is 14.3 Å². The van der Waals surface area contributed by atoms with Crippen LogP contribution in [0.25, 0.3) is 0 Å². The lowest BCUT2D eigenvalue weighted by Gasteiger charge is -2.39. The first-order chi connectivity index (χ1) is 9.13. The molecule has 0 aromatic heterocycles. The molecule has 0 spiro atoms. The maximum atomic E-state index is 12.4. The molecule has 2 amide bonds. The molecule has 2 heterocycles. The molecule has 3 atom stereocenters. The Morgan fingerprint density at radius 1 is 1.42 bits per heavy atom. The van der Waals surface area contributed by atoms with Crippen LogP contribution >= 0.6 is 0 Å². The Hall–Kier alpha value is -1.10.